The van der Waals surface area contributed by atoms with Crippen molar-refractivity contribution in [3.05, 3.63) is 77.1 Å². The first-order valence-electron chi connectivity index (χ1n) is 7.64. The van der Waals surface area contributed by atoms with E-state index in [-0.39, 0.29) is 4.90 Å². The molecule has 0 spiro atoms. The number of hydrogen-bond acceptors (Lipinski definition) is 4. The Morgan fingerprint density at radius 2 is 1.73 bits per heavy atom. The molecule has 0 saturated carbocycles. The molecule has 1 aromatic heterocycles. The zero-order chi connectivity index (χ0) is 18.7. The number of halogens is 1. The summed E-state index contributed by atoms with van der Waals surface area (Å²) in [5.41, 5.74) is 3.16. The molecule has 0 aliphatic heterocycles. The van der Waals surface area contributed by atoms with Gasteiger partial charge >= 0.3 is 0 Å². The lowest BCUT2D eigenvalue weighted by atomic mass is 10.0. The first-order valence-corrected chi connectivity index (χ1v) is 9.51. The molecule has 1 heterocycles. The summed E-state index contributed by atoms with van der Waals surface area (Å²) < 4.78 is 27.8. The first-order chi connectivity index (χ1) is 12.4. The predicted molar refractivity (Wildman–Crippen MR) is 101 cm³/mol. The van der Waals surface area contributed by atoms with Gasteiger partial charge in [0.05, 0.1) is 10.6 Å². The summed E-state index contributed by atoms with van der Waals surface area (Å²) in [5.74, 6) is 0. The topological polar surface area (TPSA) is 82.8 Å². The standard InChI is InChI=1S/C19H14ClN3O2S/c1-13-2-3-14(15-4-7-17(11-21)22-12-15)10-19(13)23-26(24,25)18-8-5-16(20)6-9-18/h2-10,12,23H,1H3. The number of aromatic nitrogens is 1. The van der Waals surface area contributed by atoms with E-state index >= 15 is 0 Å². The Bertz CT molecular complexity index is 1090. The van der Waals surface area contributed by atoms with Crippen molar-refractivity contribution in [1.82, 2.24) is 4.98 Å². The van der Waals surface area contributed by atoms with Crippen molar-refractivity contribution in [2.75, 3.05) is 4.72 Å². The molecule has 130 valence electrons. The maximum atomic E-state index is 12.6. The molecule has 26 heavy (non-hydrogen) atoms. The molecule has 3 aromatic rings. The van der Waals surface area contributed by atoms with Gasteiger partial charge in [-0.3, -0.25) is 4.72 Å². The second kappa shape index (κ2) is 7.16. The summed E-state index contributed by atoms with van der Waals surface area (Å²) in [6.45, 7) is 1.82. The van der Waals surface area contributed by atoms with Crippen LogP contribution in [0.15, 0.2) is 65.7 Å². The number of pyridine rings is 1. The molecule has 0 aliphatic carbocycles. The molecule has 0 unspecified atom stereocenters. The van der Waals surface area contributed by atoms with Crippen LogP contribution in [0.2, 0.25) is 5.02 Å². The Kier molecular flexibility index (Phi) is 4.94. The lowest BCUT2D eigenvalue weighted by molar-refractivity contribution is 0.601. The quantitative estimate of drug-likeness (QED) is 0.724. The minimum absolute atomic E-state index is 0.131. The van der Waals surface area contributed by atoms with Crippen molar-refractivity contribution >= 4 is 27.3 Å². The molecule has 2 aromatic carbocycles. The number of nitriles is 1. The number of aryl methyl sites for hydroxylation is 1. The van der Waals surface area contributed by atoms with Crippen molar-refractivity contribution in [3.8, 4) is 17.2 Å². The molecule has 7 heteroatoms. The smallest absolute Gasteiger partial charge is 0.261 e. The van der Waals surface area contributed by atoms with Gasteiger partial charge < -0.3 is 0 Å². The van der Waals surface area contributed by atoms with Gasteiger partial charge in [-0.05, 0) is 60.5 Å². The molecular formula is C19H14ClN3O2S. The number of anilines is 1. The molecule has 0 amide bonds. The molecule has 5 nitrogen and oxygen atoms in total. The average Bonchev–Trinajstić information content (AvgIpc) is 2.64. The Morgan fingerprint density at radius 1 is 1.04 bits per heavy atom. The number of hydrogen-bond donors (Lipinski definition) is 1. The van der Waals surface area contributed by atoms with Gasteiger partial charge in [0.2, 0.25) is 0 Å². The van der Waals surface area contributed by atoms with E-state index in [1.165, 1.54) is 24.3 Å². The number of rotatable bonds is 4. The lowest BCUT2D eigenvalue weighted by Gasteiger charge is -2.12. The molecule has 0 radical (unpaired) electrons. The highest BCUT2D eigenvalue weighted by Crippen LogP contribution is 2.27. The van der Waals surface area contributed by atoms with Gasteiger partial charge in [-0.25, -0.2) is 13.4 Å². The van der Waals surface area contributed by atoms with Gasteiger partial charge in [-0.1, -0.05) is 23.7 Å². The molecule has 0 bridgehead atoms. The van der Waals surface area contributed by atoms with Gasteiger partial charge in [0.1, 0.15) is 11.8 Å². The van der Waals surface area contributed by atoms with E-state index in [2.05, 4.69) is 9.71 Å². The van der Waals surface area contributed by atoms with Crippen LogP contribution in [0.5, 0.6) is 0 Å². The number of sulfonamides is 1. The zero-order valence-corrected chi connectivity index (χ0v) is 15.3. The summed E-state index contributed by atoms with van der Waals surface area (Å²) in [7, 11) is -3.73. The third kappa shape index (κ3) is 3.85. The van der Waals surface area contributed by atoms with Crippen molar-refractivity contribution in [2.24, 2.45) is 0 Å². The van der Waals surface area contributed by atoms with Gasteiger partial charge in [0.15, 0.2) is 0 Å². The average molecular weight is 384 g/mol. The van der Waals surface area contributed by atoms with Crippen LogP contribution in [0, 0.1) is 18.3 Å². The van der Waals surface area contributed by atoms with E-state index in [1.807, 2.05) is 25.1 Å². The van der Waals surface area contributed by atoms with E-state index in [0.29, 0.717) is 16.4 Å². The van der Waals surface area contributed by atoms with E-state index in [1.54, 1.807) is 24.4 Å². The zero-order valence-electron chi connectivity index (χ0n) is 13.8. The second-order valence-corrected chi connectivity index (χ2v) is 7.75. The van der Waals surface area contributed by atoms with E-state index in [0.717, 1.165) is 16.7 Å². The number of nitrogens with zero attached hydrogens (tertiary/aromatic N) is 2. The fraction of sp³-hybridized carbons (Fsp3) is 0.0526. The Balaban J connectivity index is 1.95. The summed E-state index contributed by atoms with van der Waals surface area (Å²) in [5, 5.41) is 9.30. The molecule has 0 saturated heterocycles. The largest absolute Gasteiger partial charge is 0.279 e. The van der Waals surface area contributed by atoms with Gasteiger partial charge in [-0.2, -0.15) is 5.26 Å². The maximum absolute atomic E-state index is 12.6. The molecule has 0 fully saturated rings. The van der Waals surface area contributed by atoms with E-state index < -0.39 is 10.0 Å². The first kappa shape index (κ1) is 17.9. The lowest BCUT2D eigenvalue weighted by Crippen LogP contribution is -2.13. The van der Waals surface area contributed by atoms with Crippen LogP contribution in [0.4, 0.5) is 5.69 Å². The fourth-order valence-electron chi connectivity index (χ4n) is 2.36. The minimum atomic E-state index is -3.73. The van der Waals surface area contributed by atoms with Crippen molar-refractivity contribution in [2.45, 2.75) is 11.8 Å². The van der Waals surface area contributed by atoms with Crippen LogP contribution in [-0.4, -0.2) is 13.4 Å². The summed E-state index contributed by atoms with van der Waals surface area (Å²) >= 11 is 5.82. The van der Waals surface area contributed by atoms with Gasteiger partial charge in [0, 0.05) is 16.8 Å². The fourth-order valence-corrected chi connectivity index (χ4v) is 3.61. The molecule has 1 N–H and O–H groups in total. The Morgan fingerprint density at radius 3 is 2.35 bits per heavy atom. The second-order valence-electron chi connectivity index (χ2n) is 5.63. The normalized spacial score (nSPS) is 11.0. The number of benzene rings is 2. The third-order valence-corrected chi connectivity index (χ3v) is 5.45. The van der Waals surface area contributed by atoms with E-state index in [4.69, 9.17) is 16.9 Å². The molecular weight excluding hydrogens is 370 g/mol. The van der Waals surface area contributed by atoms with Crippen LogP contribution in [0.1, 0.15) is 11.3 Å². The molecule has 0 aliphatic rings. The minimum Gasteiger partial charge on any atom is -0.279 e. The van der Waals surface area contributed by atoms with Crippen molar-refractivity contribution < 1.29 is 8.42 Å². The Labute approximate surface area is 157 Å². The van der Waals surface area contributed by atoms with Crippen LogP contribution in [-0.2, 0) is 10.0 Å². The van der Waals surface area contributed by atoms with Crippen LogP contribution in [0.25, 0.3) is 11.1 Å². The highest BCUT2D eigenvalue weighted by Gasteiger charge is 2.15. The van der Waals surface area contributed by atoms with E-state index in [9.17, 15) is 8.42 Å². The van der Waals surface area contributed by atoms with Crippen LogP contribution in [0.3, 0.4) is 0 Å². The highest BCUT2D eigenvalue weighted by atomic mass is 35.5. The molecule has 0 atom stereocenters. The van der Waals surface area contributed by atoms with Gasteiger partial charge in [-0.15, -0.1) is 0 Å². The maximum Gasteiger partial charge on any atom is 0.261 e. The van der Waals surface area contributed by atoms with Gasteiger partial charge in [0.25, 0.3) is 10.0 Å². The SMILES string of the molecule is Cc1ccc(-c2ccc(C#N)nc2)cc1NS(=O)(=O)c1ccc(Cl)cc1. The van der Waals surface area contributed by atoms with Crippen LogP contribution < -0.4 is 4.72 Å². The monoisotopic (exact) mass is 383 g/mol. The molecule has 3 rings (SSSR count). The summed E-state index contributed by atoms with van der Waals surface area (Å²) in [4.78, 5) is 4.18. The predicted octanol–water partition coefficient (Wildman–Crippen LogP) is 4.38. The summed E-state index contributed by atoms with van der Waals surface area (Å²) in [6, 6.07) is 16.8. The van der Waals surface area contributed by atoms with Crippen molar-refractivity contribution in [3.63, 3.8) is 0 Å². The van der Waals surface area contributed by atoms with Crippen molar-refractivity contribution in [1.29, 1.82) is 5.26 Å². The Hall–Kier alpha value is -2.88. The highest BCUT2D eigenvalue weighted by molar-refractivity contribution is 7.92. The van der Waals surface area contributed by atoms with Crippen LogP contribution >= 0.6 is 11.6 Å². The number of nitrogens with one attached hydrogen (secondary N) is 1. The summed E-state index contributed by atoms with van der Waals surface area (Å²) in [6.07, 6.45) is 1.58. The third-order valence-electron chi connectivity index (χ3n) is 3.82.